The fourth-order valence-corrected chi connectivity index (χ4v) is 1.74. The number of carbonyl (C=O) groups is 1. The maximum atomic E-state index is 12.2. The van der Waals surface area contributed by atoms with Gasteiger partial charge in [-0.25, -0.2) is 0 Å². The number of phenolic OH excluding ortho intramolecular Hbond substituents is 4. The van der Waals surface area contributed by atoms with E-state index in [1.807, 2.05) is 0 Å². The van der Waals surface area contributed by atoms with Crippen LogP contribution in [-0.4, -0.2) is 33.3 Å². The highest BCUT2D eigenvalue weighted by Gasteiger charge is 2.19. The van der Waals surface area contributed by atoms with Crippen molar-refractivity contribution in [3.8, 4) is 28.7 Å². The van der Waals surface area contributed by atoms with Crippen LogP contribution < -0.4 is 4.74 Å². The van der Waals surface area contributed by atoms with Gasteiger partial charge in [-0.15, -0.1) is 0 Å². The van der Waals surface area contributed by atoms with Gasteiger partial charge in [-0.1, -0.05) is 0 Å². The van der Waals surface area contributed by atoms with Gasteiger partial charge in [0, 0.05) is 11.6 Å². The molecule has 0 aromatic heterocycles. The molecule has 0 aliphatic rings. The summed E-state index contributed by atoms with van der Waals surface area (Å²) in [5.41, 5.74) is -0.129. The normalized spacial score (nSPS) is 10.2. The predicted octanol–water partition coefficient (Wildman–Crippen LogP) is 1.75. The van der Waals surface area contributed by atoms with Crippen molar-refractivity contribution >= 4 is 5.78 Å². The van der Waals surface area contributed by atoms with Crippen molar-refractivity contribution in [1.29, 1.82) is 0 Å². The minimum atomic E-state index is -0.775. The number of benzene rings is 2. The Labute approximate surface area is 114 Å². The standard InChI is InChI=1S/C14H12O6/c1-20-9-5-7(4-8(15)6-9)12(17)10-2-3-11(16)14(19)13(10)18/h2-6,15-16,18-19H,1H3. The van der Waals surface area contributed by atoms with E-state index >= 15 is 0 Å². The van der Waals surface area contributed by atoms with Gasteiger partial charge in [0.1, 0.15) is 11.5 Å². The van der Waals surface area contributed by atoms with Gasteiger partial charge in [0.2, 0.25) is 5.75 Å². The molecule has 0 fully saturated rings. The molecule has 0 saturated heterocycles. The van der Waals surface area contributed by atoms with Gasteiger partial charge >= 0.3 is 0 Å². The summed E-state index contributed by atoms with van der Waals surface area (Å²) >= 11 is 0. The molecule has 0 aliphatic carbocycles. The lowest BCUT2D eigenvalue weighted by Gasteiger charge is -2.08. The first kappa shape index (κ1) is 13.5. The van der Waals surface area contributed by atoms with E-state index in [-0.39, 0.29) is 22.6 Å². The molecule has 0 amide bonds. The first-order valence-corrected chi connectivity index (χ1v) is 5.60. The molecule has 2 rings (SSSR count). The SMILES string of the molecule is COc1cc(O)cc(C(=O)c2ccc(O)c(O)c2O)c1. The molecular weight excluding hydrogens is 264 g/mol. The molecule has 4 N–H and O–H groups in total. The molecule has 0 unspecified atom stereocenters. The topological polar surface area (TPSA) is 107 Å². The molecular formula is C14H12O6. The number of phenols is 4. The summed E-state index contributed by atoms with van der Waals surface area (Å²) in [7, 11) is 1.38. The van der Waals surface area contributed by atoms with Crippen LogP contribution in [-0.2, 0) is 0 Å². The molecule has 20 heavy (non-hydrogen) atoms. The van der Waals surface area contributed by atoms with E-state index in [2.05, 4.69) is 0 Å². The molecule has 0 aliphatic heterocycles. The Morgan fingerprint density at radius 1 is 1.00 bits per heavy atom. The third-order valence-corrected chi connectivity index (χ3v) is 2.76. The highest BCUT2D eigenvalue weighted by Crippen LogP contribution is 2.38. The molecule has 104 valence electrons. The zero-order valence-electron chi connectivity index (χ0n) is 10.5. The van der Waals surface area contributed by atoms with Crippen LogP contribution >= 0.6 is 0 Å². The lowest BCUT2D eigenvalue weighted by atomic mass is 10.0. The Kier molecular flexibility index (Phi) is 3.39. The molecule has 0 saturated carbocycles. The van der Waals surface area contributed by atoms with Crippen molar-refractivity contribution in [2.75, 3.05) is 7.11 Å². The number of ether oxygens (including phenoxy) is 1. The molecule has 0 atom stereocenters. The Morgan fingerprint density at radius 3 is 2.35 bits per heavy atom. The fraction of sp³-hybridized carbons (Fsp3) is 0.0714. The lowest BCUT2D eigenvalue weighted by Crippen LogP contribution is -2.02. The van der Waals surface area contributed by atoms with Crippen molar-refractivity contribution in [1.82, 2.24) is 0 Å². The van der Waals surface area contributed by atoms with E-state index in [0.29, 0.717) is 0 Å². The predicted molar refractivity (Wildman–Crippen MR) is 69.5 cm³/mol. The summed E-state index contributed by atoms with van der Waals surface area (Å²) < 4.78 is 4.93. The Balaban J connectivity index is 2.52. The quantitative estimate of drug-likeness (QED) is 0.502. The van der Waals surface area contributed by atoms with E-state index < -0.39 is 23.0 Å². The van der Waals surface area contributed by atoms with Crippen LogP contribution in [0.25, 0.3) is 0 Å². The number of hydrogen-bond donors (Lipinski definition) is 4. The van der Waals surface area contributed by atoms with Crippen molar-refractivity contribution in [3.63, 3.8) is 0 Å². The molecule has 6 heteroatoms. The zero-order valence-corrected chi connectivity index (χ0v) is 10.5. The number of methoxy groups -OCH3 is 1. The van der Waals surface area contributed by atoms with Crippen LogP contribution in [0.4, 0.5) is 0 Å². The Bertz CT molecular complexity index is 678. The number of carbonyl (C=O) groups excluding carboxylic acids is 1. The van der Waals surface area contributed by atoms with E-state index in [9.17, 15) is 25.2 Å². The van der Waals surface area contributed by atoms with Crippen molar-refractivity contribution in [2.45, 2.75) is 0 Å². The molecule has 2 aromatic rings. The second-order valence-electron chi connectivity index (χ2n) is 4.08. The summed E-state index contributed by atoms with van der Waals surface area (Å²) in [5, 5.41) is 37.8. The number of aromatic hydroxyl groups is 4. The van der Waals surface area contributed by atoms with Crippen molar-refractivity contribution in [3.05, 3.63) is 41.5 Å². The smallest absolute Gasteiger partial charge is 0.201 e. The first-order valence-electron chi connectivity index (χ1n) is 5.60. The monoisotopic (exact) mass is 276 g/mol. The van der Waals surface area contributed by atoms with Crippen LogP contribution in [0, 0.1) is 0 Å². The van der Waals surface area contributed by atoms with E-state index in [4.69, 9.17) is 4.74 Å². The van der Waals surface area contributed by atoms with Gasteiger partial charge in [-0.05, 0) is 24.3 Å². The van der Waals surface area contributed by atoms with Gasteiger partial charge in [-0.2, -0.15) is 0 Å². The summed E-state index contributed by atoms with van der Waals surface area (Å²) in [6.07, 6.45) is 0. The highest BCUT2D eigenvalue weighted by atomic mass is 16.5. The summed E-state index contributed by atoms with van der Waals surface area (Å²) in [6.45, 7) is 0. The zero-order chi connectivity index (χ0) is 14.9. The van der Waals surface area contributed by atoms with Crippen molar-refractivity contribution < 1.29 is 30.0 Å². The van der Waals surface area contributed by atoms with Gasteiger partial charge in [0.25, 0.3) is 0 Å². The molecule has 0 heterocycles. The minimum Gasteiger partial charge on any atom is -0.508 e. The van der Waals surface area contributed by atoms with E-state index in [1.165, 1.54) is 31.4 Å². The molecule has 0 bridgehead atoms. The van der Waals surface area contributed by atoms with Crippen LogP contribution in [0.3, 0.4) is 0 Å². The van der Waals surface area contributed by atoms with Gasteiger partial charge in [0.15, 0.2) is 17.3 Å². The number of ketones is 1. The van der Waals surface area contributed by atoms with Gasteiger partial charge in [-0.3, -0.25) is 4.79 Å². The number of hydrogen-bond acceptors (Lipinski definition) is 6. The summed E-state index contributed by atoms with van der Waals surface area (Å²) in [4.78, 5) is 12.2. The number of rotatable bonds is 3. The molecule has 0 spiro atoms. The maximum absolute atomic E-state index is 12.2. The van der Waals surface area contributed by atoms with Crippen LogP contribution in [0.2, 0.25) is 0 Å². The van der Waals surface area contributed by atoms with Gasteiger partial charge < -0.3 is 25.2 Å². The van der Waals surface area contributed by atoms with Crippen LogP contribution in [0.5, 0.6) is 28.7 Å². The third kappa shape index (κ3) is 2.31. The lowest BCUT2D eigenvalue weighted by molar-refractivity contribution is 0.103. The second kappa shape index (κ2) is 5.00. The molecule has 6 nitrogen and oxygen atoms in total. The Morgan fingerprint density at radius 2 is 1.70 bits per heavy atom. The van der Waals surface area contributed by atoms with E-state index in [0.717, 1.165) is 6.07 Å². The average molecular weight is 276 g/mol. The minimum absolute atomic E-state index is 0.0715. The Hall–Kier alpha value is -2.89. The van der Waals surface area contributed by atoms with Gasteiger partial charge in [0.05, 0.1) is 12.7 Å². The third-order valence-electron chi connectivity index (χ3n) is 2.76. The molecule has 0 radical (unpaired) electrons. The summed E-state index contributed by atoms with van der Waals surface area (Å²) in [6, 6.07) is 6.16. The maximum Gasteiger partial charge on any atom is 0.201 e. The second-order valence-corrected chi connectivity index (χ2v) is 4.08. The van der Waals surface area contributed by atoms with E-state index in [1.54, 1.807) is 0 Å². The van der Waals surface area contributed by atoms with Crippen molar-refractivity contribution in [2.24, 2.45) is 0 Å². The van der Waals surface area contributed by atoms with Crippen LogP contribution in [0.1, 0.15) is 15.9 Å². The van der Waals surface area contributed by atoms with Crippen LogP contribution in [0.15, 0.2) is 30.3 Å². The highest BCUT2D eigenvalue weighted by molar-refractivity contribution is 6.11. The fourth-order valence-electron chi connectivity index (χ4n) is 1.74. The molecule has 2 aromatic carbocycles. The summed E-state index contributed by atoms with van der Waals surface area (Å²) in [5.74, 6) is -2.56. The first-order chi connectivity index (χ1) is 9.43. The average Bonchev–Trinajstić information content (AvgIpc) is 2.43. The largest absolute Gasteiger partial charge is 0.508 e.